The zero-order valence-electron chi connectivity index (χ0n) is 14.7. The second-order valence-electron chi connectivity index (χ2n) is 5.96. The van der Waals surface area contributed by atoms with Gasteiger partial charge in [-0.2, -0.15) is 13.2 Å². The van der Waals surface area contributed by atoms with Crippen molar-refractivity contribution in [2.24, 2.45) is 0 Å². The van der Waals surface area contributed by atoms with Gasteiger partial charge in [-0.05, 0) is 12.1 Å². The summed E-state index contributed by atoms with van der Waals surface area (Å²) in [6.45, 7) is -1.45. The van der Waals surface area contributed by atoms with Crippen molar-refractivity contribution in [1.29, 1.82) is 0 Å². The molecule has 0 unspecified atom stereocenters. The third-order valence-corrected chi connectivity index (χ3v) is 4.02. The summed E-state index contributed by atoms with van der Waals surface area (Å²) in [7, 11) is 0. The van der Waals surface area contributed by atoms with Gasteiger partial charge in [0.15, 0.2) is 5.82 Å². The quantitative estimate of drug-likeness (QED) is 0.502. The zero-order chi connectivity index (χ0) is 21.0. The molecule has 1 atom stereocenters. The Morgan fingerprint density at radius 1 is 1.41 bits per heavy atom. The molecule has 3 aromatic rings. The van der Waals surface area contributed by atoms with Crippen molar-refractivity contribution >= 4 is 34.4 Å². The van der Waals surface area contributed by atoms with E-state index in [1.165, 1.54) is 18.5 Å². The van der Waals surface area contributed by atoms with Crippen LogP contribution in [0.2, 0.25) is 5.02 Å². The number of aromatic nitrogens is 4. The number of amides is 1. The van der Waals surface area contributed by atoms with Gasteiger partial charge in [-0.15, -0.1) is 12.3 Å². The molecule has 0 fully saturated rings. The van der Waals surface area contributed by atoms with Crippen LogP contribution in [0.3, 0.4) is 0 Å². The molecule has 7 nitrogen and oxygen atoms in total. The Bertz CT molecular complexity index is 1100. The maximum atomic E-state index is 12.3. The predicted octanol–water partition coefficient (Wildman–Crippen LogP) is 4.39. The standard InChI is InChI=1S/C18H14ClF3N6O.5H2/c1-2-3-13(17(29)26-9-18(20,21)22)27-14-4-5-23-16(28-14)12-8-25-15-11(12)6-10(19)7-24-15;;;;;/h1,4-8,13H,3,9H2,(H,24,25)(H,26,29)(H,23,27,28);5*1H/t13-;;;;;/m1...../s1. The van der Waals surface area contributed by atoms with Gasteiger partial charge in [0.05, 0.1) is 5.02 Å². The Morgan fingerprint density at radius 2 is 2.21 bits per heavy atom. The highest BCUT2D eigenvalue weighted by atomic mass is 35.5. The normalized spacial score (nSPS) is 12.4. The smallest absolute Gasteiger partial charge is 0.358 e. The van der Waals surface area contributed by atoms with Crippen molar-refractivity contribution in [2.75, 3.05) is 11.9 Å². The Balaban J connectivity index is -0.00000192. The molecule has 0 aliphatic rings. The number of pyridine rings is 1. The van der Waals surface area contributed by atoms with Crippen molar-refractivity contribution in [1.82, 2.24) is 25.3 Å². The summed E-state index contributed by atoms with van der Waals surface area (Å²) in [5, 5.41) is 5.69. The topological polar surface area (TPSA) is 95.6 Å². The fourth-order valence-corrected chi connectivity index (χ4v) is 2.71. The van der Waals surface area contributed by atoms with Crippen LogP contribution < -0.4 is 10.6 Å². The van der Waals surface area contributed by atoms with Crippen LogP contribution in [0.5, 0.6) is 0 Å². The van der Waals surface area contributed by atoms with E-state index >= 15 is 0 Å². The number of hydrogen-bond acceptors (Lipinski definition) is 5. The largest absolute Gasteiger partial charge is 0.405 e. The number of carbonyl (C=O) groups excluding carboxylic acids is 1. The van der Waals surface area contributed by atoms with Crippen molar-refractivity contribution in [2.45, 2.75) is 18.6 Å². The summed E-state index contributed by atoms with van der Waals surface area (Å²) in [5.41, 5.74) is 1.21. The zero-order valence-corrected chi connectivity index (χ0v) is 15.5. The van der Waals surface area contributed by atoms with E-state index in [2.05, 4.69) is 31.2 Å². The second-order valence-corrected chi connectivity index (χ2v) is 6.39. The Hall–Kier alpha value is -3.32. The molecule has 0 aromatic carbocycles. The number of H-pyrrole nitrogens is 1. The first-order chi connectivity index (χ1) is 13.8. The first-order valence-corrected chi connectivity index (χ1v) is 8.65. The van der Waals surface area contributed by atoms with Gasteiger partial charge >= 0.3 is 6.18 Å². The summed E-state index contributed by atoms with van der Waals surface area (Å²) in [5.74, 6) is 1.91. The molecule has 0 spiro atoms. The van der Waals surface area contributed by atoms with E-state index in [9.17, 15) is 18.0 Å². The molecular weight excluding hydrogens is 409 g/mol. The molecular formula is C18H24ClF3N6O. The van der Waals surface area contributed by atoms with Crippen LogP contribution >= 0.6 is 11.6 Å². The number of aromatic amines is 1. The third-order valence-electron chi connectivity index (χ3n) is 3.82. The molecule has 0 aliphatic carbocycles. The van der Waals surface area contributed by atoms with Crippen molar-refractivity contribution < 1.29 is 25.1 Å². The van der Waals surface area contributed by atoms with Crippen LogP contribution in [-0.4, -0.2) is 44.6 Å². The molecule has 3 rings (SSSR count). The van der Waals surface area contributed by atoms with Gasteiger partial charge in [-0.25, -0.2) is 15.0 Å². The summed E-state index contributed by atoms with van der Waals surface area (Å²) in [6, 6.07) is 2.08. The van der Waals surface area contributed by atoms with Gasteiger partial charge in [-0.1, -0.05) is 11.6 Å². The lowest BCUT2D eigenvalue weighted by atomic mass is 10.2. The molecule has 0 saturated heterocycles. The van der Waals surface area contributed by atoms with Gasteiger partial charge in [0.2, 0.25) is 5.91 Å². The average molecular weight is 433 g/mol. The minimum absolute atomic E-state index is 0. The molecule has 0 bridgehead atoms. The molecule has 3 heterocycles. The van der Waals surface area contributed by atoms with E-state index in [0.29, 0.717) is 27.4 Å². The fraction of sp³-hybridized carbons (Fsp3) is 0.222. The molecule has 29 heavy (non-hydrogen) atoms. The number of terminal acetylenes is 1. The van der Waals surface area contributed by atoms with E-state index in [1.54, 1.807) is 12.3 Å². The third kappa shape index (κ3) is 5.14. The number of fused-ring (bicyclic) bond motifs is 1. The number of alkyl halides is 3. The predicted molar refractivity (Wildman–Crippen MR) is 113 cm³/mol. The molecule has 0 radical (unpaired) electrons. The Labute approximate surface area is 175 Å². The van der Waals surface area contributed by atoms with Gasteiger partial charge in [-0.3, -0.25) is 4.79 Å². The minimum Gasteiger partial charge on any atom is -0.358 e. The number of halogens is 4. The van der Waals surface area contributed by atoms with Crippen LogP contribution in [0.4, 0.5) is 19.0 Å². The summed E-state index contributed by atoms with van der Waals surface area (Å²) < 4.78 is 37.0. The minimum atomic E-state index is -4.52. The number of nitrogens with one attached hydrogen (secondary N) is 3. The van der Waals surface area contributed by atoms with Crippen LogP contribution in [0.15, 0.2) is 30.7 Å². The first-order valence-electron chi connectivity index (χ1n) is 8.27. The SMILES string of the molecule is C#CC[C@@H](Nc1ccnc(-c2c[nH]c3ncc(Cl)cc23)n1)C(=O)NCC(F)(F)F.[HH].[HH].[HH].[HH].[HH]. The van der Waals surface area contributed by atoms with Crippen LogP contribution in [0, 0.1) is 12.3 Å². The van der Waals surface area contributed by atoms with Crippen LogP contribution in [0.1, 0.15) is 13.6 Å². The molecule has 3 N–H and O–H groups in total. The Kier molecular flexibility index (Phi) is 5.89. The van der Waals surface area contributed by atoms with Crippen molar-refractivity contribution in [3.8, 4) is 23.7 Å². The molecule has 0 saturated carbocycles. The maximum Gasteiger partial charge on any atom is 0.405 e. The first kappa shape index (κ1) is 20.4. The average Bonchev–Trinajstić information content (AvgIpc) is 3.08. The van der Waals surface area contributed by atoms with E-state index in [1.807, 2.05) is 5.32 Å². The lowest BCUT2D eigenvalue weighted by Crippen LogP contribution is -2.43. The van der Waals surface area contributed by atoms with Crippen LogP contribution in [-0.2, 0) is 4.79 Å². The highest BCUT2D eigenvalue weighted by molar-refractivity contribution is 6.31. The molecule has 3 aromatic heterocycles. The maximum absolute atomic E-state index is 12.3. The number of carbonyl (C=O) groups is 1. The molecule has 160 valence electrons. The van der Waals surface area contributed by atoms with E-state index in [4.69, 9.17) is 18.0 Å². The lowest BCUT2D eigenvalue weighted by Gasteiger charge is -2.17. The van der Waals surface area contributed by atoms with Gasteiger partial charge in [0.1, 0.15) is 24.1 Å². The molecule has 0 aliphatic heterocycles. The number of anilines is 1. The summed E-state index contributed by atoms with van der Waals surface area (Å²) >= 11 is 5.99. The number of rotatable bonds is 6. The highest BCUT2D eigenvalue weighted by Crippen LogP contribution is 2.27. The van der Waals surface area contributed by atoms with Gasteiger partial charge < -0.3 is 15.6 Å². The van der Waals surface area contributed by atoms with Gasteiger partial charge in [0.25, 0.3) is 0 Å². The van der Waals surface area contributed by atoms with Crippen molar-refractivity contribution in [3.63, 3.8) is 0 Å². The second kappa shape index (κ2) is 8.36. The summed E-state index contributed by atoms with van der Waals surface area (Å²) in [6.07, 6.45) is 5.18. The Morgan fingerprint density at radius 3 is 2.93 bits per heavy atom. The summed E-state index contributed by atoms with van der Waals surface area (Å²) in [4.78, 5) is 27.7. The molecule has 1 amide bonds. The monoisotopic (exact) mass is 432 g/mol. The molecule has 11 heteroatoms. The van der Waals surface area contributed by atoms with Crippen LogP contribution in [0.25, 0.3) is 22.4 Å². The number of hydrogen-bond donors (Lipinski definition) is 3. The van der Waals surface area contributed by atoms with E-state index < -0.39 is 24.7 Å². The van der Waals surface area contributed by atoms with E-state index in [-0.39, 0.29) is 19.4 Å². The van der Waals surface area contributed by atoms with Crippen molar-refractivity contribution in [3.05, 3.63) is 35.7 Å². The van der Waals surface area contributed by atoms with Gasteiger partial charge in [0, 0.05) is 43.1 Å². The highest BCUT2D eigenvalue weighted by Gasteiger charge is 2.29. The number of nitrogens with zero attached hydrogens (tertiary/aromatic N) is 3. The lowest BCUT2D eigenvalue weighted by molar-refractivity contribution is -0.138. The fourth-order valence-electron chi connectivity index (χ4n) is 2.55. The van der Waals surface area contributed by atoms with E-state index in [0.717, 1.165) is 0 Å².